The number of halogens is 2. The number of hydrogen-bond donors (Lipinski definition) is 1. The van der Waals surface area contributed by atoms with E-state index in [9.17, 15) is 8.78 Å². The SMILES string of the molecule is CCN(CC)CCNC(C)c1cc(F)c(C)cc1F. The third-order valence-electron chi connectivity index (χ3n) is 3.52. The van der Waals surface area contributed by atoms with Gasteiger partial charge in [-0.15, -0.1) is 0 Å². The standard InChI is InChI=1S/C15H24F2N2/c1-5-19(6-2)8-7-18-12(4)13-10-14(16)11(3)9-15(13)17/h9-10,12,18H,5-8H2,1-4H3. The number of likely N-dealkylation sites (N-methyl/N-ethyl adjacent to an activating group) is 1. The van der Waals surface area contributed by atoms with Gasteiger partial charge in [0.2, 0.25) is 0 Å². The van der Waals surface area contributed by atoms with Gasteiger partial charge < -0.3 is 10.2 Å². The molecule has 0 saturated carbocycles. The van der Waals surface area contributed by atoms with Crippen molar-refractivity contribution in [2.75, 3.05) is 26.2 Å². The molecule has 0 radical (unpaired) electrons. The molecule has 1 aromatic carbocycles. The molecular formula is C15H24F2N2. The molecule has 0 aromatic heterocycles. The van der Waals surface area contributed by atoms with Crippen LogP contribution in [0.4, 0.5) is 8.78 Å². The van der Waals surface area contributed by atoms with Gasteiger partial charge in [0.1, 0.15) is 11.6 Å². The first-order valence-electron chi connectivity index (χ1n) is 6.90. The molecule has 0 fully saturated rings. The number of nitrogens with zero attached hydrogens (tertiary/aromatic N) is 1. The average molecular weight is 270 g/mol. The van der Waals surface area contributed by atoms with Gasteiger partial charge in [-0.2, -0.15) is 0 Å². The third-order valence-corrected chi connectivity index (χ3v) is 3.52. The smallest absolute Gasteiger partial charge is 0.128 e. The Bertz CT molecular complexity index is 403. The summed E-state index contributed by atoms with van der Waals surface area (Å²) in [6, 6.07) is 2.36. The van der Waals surface area contributed by atoms with Gasteiger partial charge in [0.15, 0.2) is 0 Å². The number of rotatable bonds is 7. The highest BCUT2D eigenvalue weighted by molar-refractivity contribution is 5.27. The molecule has 0 aliphatic heterocycles. The molecule has 2 nitrogen and oxygen atoms in total. The molecule has 0 bridgehead atoms. The van der Waals surface area contributed by atoms with Crippen LogP contribution < -0.4 is 5.32 Å². The molecule has 0 amide bonds. The summed E-state index contributed by atoms with van der Waals surface area (Å²) in [5, 5.41) is 3.24. The van der Waals surface area contributed by atoms with Crippen LogP contribution in [-0.4, -0.2) is 31.1 Å². The number of aryl methyl sites for hydroxylation is 1. The van der Waals surface area contributed by atoms with E-state index in [1.165, 1.54) is 12.1 Å². The van der Waals surface area contributed by atoms with Crippen LogP contribution in [0, 0.1) is 18.6 Å². The van der Waals surface area contributed by atoms with Gasteiger partial charge in [-0.3, -0.25) is 0 Å². The van der Waals surface area contributed by atoms with Crippen LogP contribution in [0.5, 0.6) is 0 Å². The molecule has 19 heavy (non-hydrogen) atoms. The fourth-order valence-corrected chi connectivity index (χ4v) is 2.08. The van der Waals surface area contributed by atoms with Crippen LogP contribution >= 0.6 is 0 Å². The maximum absolute atomic E-state index is 13.8. The van der Waals surface area contributed by atoms with Crippen molar-refractivity contribution in [2.45, 2.75) is 33.7 Å². The van der Waals surface area contributed by atoms with Crippen LogP contribution in [-0.2, 0) is 0 Å². The van der Waals surface area contributed by atoms with Crippen molar-refractivity contribution in [3.8, 4) is 0 Å². The summed E-state index contributed by atoms with van der Waals surface area (Å²) in [5.41, 5.74) is 0.735. The van der Waals surface area contributed by atoms with Crippen LogP contribution in [0.3, 0.4) is 0 Å². The van der Waals surface area contributed by atoms with Crippen LogP contribution in [0.1, 0.15) is 37.9 Å². The number of benzene rings is 1. The van der Waals surface area contributed by atoms with E-state index in [1.54, 1.807) is 6.92 Å². The van der Waals surface area contributed by atoms with Crippen molar-refractivity contribution in [1.82, 2.24) is 10.2 Å². The molecule has 0 saturated heterocycles. The summed E-state index contributed by atoms with van der Waals surface area (Å²) in [5.74, 6) is -0.699. The molecule has 108 valence electrons. The highest BCUT2D eigenvalue weighted by Gasteiger charge is 2.13. The van der Waals surface area contributed by atoms with Crippen molar-refractivity contribution < 1.29 is 8.78 Å². The van der Waals surface area contributed by atoms with E-state index in [4.69, 9.17) is 0 Å². The molecule has 1 N–H and O–H groups in total. The van der Waals surface area contributed by atoms with Gasteiger partial charge in [0, 0.05) is 24.7 Å². The summed E-state index contributed by atoms with van der Waals surface area (Å²) in [7, 11) is 0. The molecule has 4 heteroatoms. The Kier molecular flexibility index (Phi) is 6.38. The highest BCUT2D eigenvalue weighted by Crippen LogP contribution is 2.20. The second kappa shape index (κ2) is 7.56. The normalized spacial score (nSPS) is 13.0. The first-order chi connectivity index (χ1) is 8.99. The Balaban J connectivity index is 2.58. The van der Waals surface area contributed by atoms with Gasteiger partial charge in [-0.25, -0.2) is 8.78 Å². The summed E-state index contributed by atoms with van der Waals surface area (Å²) >= 11 is 0. The minimum Gasteiger partial charge on any atom is -0.309 e. The fourth-order valence-electron chi connectivity index (χ4n) is 2.08. The highest BCUT2D eigenvalue weighted by atomic mass is 19.1. The first-order valence-corrected chi connectivity index (χ1v) is 6.90. The van der Waals surface area contributed by atoms with Crippen molar-refractivity contribution in [1.29, 1.82) is 0 Å². The predicted octanol–water partition coefficient (Wildman–Crippen LogP) is 3.27. The van der Waals surface area contributed by atoms with Crippen LogP contribution in [0.25, 0.3) is 0 Å². The Morgan fingerprint density at radius 3 is 2.37 bits per heavy atom. The molecule has 0 heterocycles. The van der Waals surface area contributed by atoms with E-state index < -0.39 is 0 Å². The summed E-state index contributed by atoms with van der Waals surface area (Å²) in [6.07, 6.45) is 0. The van der Waals surface area contributed by atoms with Crippen molar-refractivity contribution >= 4 is 0 Å². The minimum absolute atomic E-state index is 0.189. The monoisotopic (exact) mass is 270 g/mol. The van der Waals surface area contributed by atoms with E-state index in [0.717, 1.165) is 26.2 Å². The molecule has 0 spiro atoms. The lowest BCUT2D eigenvalue weighted by Gasteiger charge is -2.21. The van der Waals surface area contributed by atoms with E-state index >= 15 is 0 Å². The Labute approximate surface area is 114 Å². The van der Waals surface area contributed by atoms with Gasteiger partial charge in [0.05, 0.1) is 0 Å². The molecule has 1 atom stereocenters. The van der Waals surface area contributed by atoms with E-state index in [0.29, 0.717) is 11.1 Å². The lowest BCUT2D eigenvalue weighted by atomic mass is 10.1. The Morgan fingerprint density at radius 2 is 1.79 bits per heavy atom. The first kappa shape index (κ1) is 16.1. The summed E-state index contributed by atoms with van der Waals surface area (Å²) < 4.78 is 27.3. The molecule has 0 aliphatic rings. The average Bonchev–Trinajstić information content (AvgIpc) is 2.38. The zero-order chi connectivity index (χ0) is 14.4. The molecule has 1 aromatic rings. The van der Waals surface area contributed by atoms with E-state index in [2.05, 4.69) is 24.1 Å². The van der Waals surface area contributed by atoms with Crippen molar-refractivity contribution in [3.63, 3.8) is 0 Å². The summed E-state index contributed by atoms with van der Waals surface area (Å²) in [6.45, 7) is 11.3. The lowest BCUT2D eigenvalue weighted by Crippen LogP contribution is -2.33. The van der Waals surface area contributed by atoms with Gasteiger partial charge in [0.25, 0.3) is 0 Å². The Morgan fingerprint density at radius 1 is 1.16 bits per heavy atom. The van der Waals surface area contributed by atoms with E-state index in [1.807, 2.05) is 6.92 Å². The zero-order valence-electron chi connectivity index (χ0n) is 12.3. The maximum Gasteiger partial charge on any atom is 0.128 e. The largest absolute Gasteiger partial charge is 0.309 e. The summed E-state index contributed by atoms with van der Waals surface area (Å²) in [4.78, 5) is 2.28. The quantitative estimate of drug-likeness (QED) is 0.818. The van der Waals surface area contributed by atoms with Crippen LogP contribution in [0.15, 0.2) is 12.1 Å². The number of hydrogen-bond acceptors (Lipinski definition) is 2. The predicted molar refractivity (Wildman–Crippen MR) is 75.3 cm³/mol. The zero-order valence-corrected chi connectivity index (χ0v) is 12.3. The number of nitrogens with one attached hydrogen (secondary N) is 1. The maximum atomic E-state index is 13.8. The van der Waals surface area contributed by atoms with Crippen molar-refractivity contribution in [3.05, 3.63) is 34.9 Å². The fraction of sp³-hybridized carbons (Fsp3) is 0.600. The van der Waals surface area contributed by atoms with Gasteiger partial charge in [-0.1, -0.05) is 13.8 Å². The van der Waals surface area contributed by atoms with E-state index in [-0.39, 0.29) is 17.7 Å². The lowest BCUT2D eigenvalue weighted by molar-refractivity contribution is 0.297. The molecular weight excluding hydrogens is 246 g/mol. The second-order valence-corrected chi connectivity index (χ2v) is 4.83. The molecule has 1 unspecified atom stereocenters. The third kappa shape index (κ3) is 4.55. The van der Waals surface area contributed by atoms with Gasteiger partial charge in [-0.05, 0) is 44.6 Å². The van der Waals surface area contributed by atoms with Crippen molar-refractivity contribution in [2.24, 2.45) is 0 Å². The van der Waals surface area contributed by atoms with Crippen LogP contribution in [0.2, 0.25) is 0 Å². The second-order valence-electron chi connectivity index (χ2n) is 4.83. The van der Waals surface area contributed by atoms with Gasteiger partial charge >= 0.3 is 0 Å². The minimum atomic E-state index is -0.353. The Hall–Kier alpha value is -1.00. The topological polar surface area (TPSA) is 15.3 Å². The molecule has 1 rings (SSSR count). The molecule has 0 aliphatic carbocycles.